The number of benzene rings is 1. The molecule has 0 spiro atoms. The molecule has 0 heterocycles. The summed E-state index contributed by atoms with van der Waals surface area (Å²) in [5, 5.41) is 0. The Labute approximate surface area is 110 Å². The molecule has 5 heteroatoms. The number of nitrogens with two attached hydrogens (primary N) is 1. The van der Waals surface area contributed by atoms with Gasteiger partial charge in [0.15, 0.2) is 0 Å². The number of aryl methyl sites for hydroxylation is 2. The molecule has 0 bridgehead atoms. The summed E-state index contributed by atoms with van der Waals surface area (Å²) in [6.07, 6.45) is 0. The zero-order valence-electron chi connectivity index (χ0n) is 11.6. The van der Waals surface area contributed by atoms with Crippen molar-refractivity contribution in [2.24, 2.45) is 5.73 Å². The first kappa shape index (κ1) is 15.1. The number of nitrogens with one attached hydrogen (secondary N) is 1. The van der Waals surface area contributed by atoms with Gasteiger partial charge in [-0.1, -0.05) is 17.7 Å². The van der Waals surface area contributed by atoms with Crippen LogP contribution in [-0.2, 0) is 10.0 Å². The molecule has 0 aliphatic heterocycles. The third-order valence-electron chi connectivity index (χ3n) is 3.16. The molecule has 0 aliphatic rings. The van der Waals surface area contributed by atoms with Crippen LogP contribution in [0, 0.1) is 13.8 Å². The van der Waals surface area contributed by atoms with E-state index in [0.29, 0.717) is 4.90 Å². The average molecular weight is 270 g/mol. The zero-order chi connectivity index (χ0) is 14.1. The van der Waals surface area contributed by atoms with E-state index in [0.717, 1.165) is 11.1 Å². The highest BCUT2D eigenvalue weighted by molar-refractivity contribution is 7.89. The molecule has 0 amide bonds. The minimum absolute atomic E-state index is 0.280. The van der Waals surface area contributed by atoms with Gasteiger partial charge in [-0.15, -0.1) is 0 Å². The summed E-state index contributed by atoms with van der Waals surface area (Å²) in [6.45, 7) is 9.06. The van der Waals surface area contributed by atoms with Crippen molar-refractivity contribution in [3.8, 4) is 0 Å². The minimum atomic E-state index is -3.54. The van der Waals surface area contributed by atoms with Gasteiger partial charge in [0.2, 0.25) is 10.0 Å². The van der Waals surface area contributed by atoms with Crippen LogP contribution in [0.4, 0.5) is 0 Å². The molecule has 18 heavy (non-hydrogen) atoms. The summed E-state index contributed by atoms with van der Waals surface area (Å²) >= 11 is 0. The minimum Gasteiger partial charge on any atom is -0.326 e. The molecule has 1 aromatic rings. The van der Waals surface area contributed by atoms with Crippen LogP contribution in [0.2, 0.25) is 0 Å². The molecular formula is C13H22N2O2S. The van der Waals surface area contributed by atoms with Crippen LogP contribution in [0.5, 0.6) is 0 Å². The first-order chi connectivity index (χ1) is 8.06. The second-order valence-electron chi connectivity index (χ2n) is 5.38. The van der Waals surface area contributed by atoms with Gasteiger partial charge in [-0.3, -0.25) is 0 Å². The van der Waals surface area contributed by atoms with E-state index in [9.17, 15) is 8.42 Å². The summed E-state index contributed by atoms with van der Waals surface area (Å²) in [5.74, 6) is 0. The Morgan fingerprint density at radius 1 is 1.28 bits per heavy atom. The molecule has 0 fully saturated rings. The van der Waals surface area contributed by atoms with Crippen LogP contribution >= 0.6 is 0 Å². The highest BCUT2D eigenvalue weighted by Crippen LogP contribution is 2.19. The van der Waals surface area contributed by atoms with Gasteiger partial charge in [0.25, 0.3) is 0 Å². The van der Waals surface area contributed by atoms with Crippen molar-refractivity contribution in [3.05, 3.63) is 29.3 Å². The SMILES string of the molecule is Cc1ccc(S(=O)(=O)NC(C)(C)C(C)N)c(C)c1. The van der Waals surface area contributed by atoms with Crippen LogP contribution in [0.3, 0.4) is 0 Å². The largest absolute Gasteiger partial charge is 0.326 e. The highest BCUT2D eigenvalue weighted by atomic mass is 32.2. The van der Waals surface area contributed by atoms with Crippen molar-refractivity contribution in [2.75, 3.05) is 0 Å². The van der Waals surface area contributed by atoms with Crippen LogP contribution < -0.4 is 10.5 Å². The first-order valence-electron chi connectivity index (χ1n) is 5.93. The van der Waals surface area contributed by atoms with Gasteiger partial charge < -0.3 is 5.73 Å². The molecule has 1 unspecified atom stereocenters. The summed E-state index contributed by atoms with van der Waals surface area (Å²) in [7, 11) is -3.54. The van der Waals surface area contributed by atoms with Crippen molar-refractivity contribution >= 4 is 10.0 Å². The topological polar surface area (TPSA) is 72.2 Å². The number of sulfonamides is 1. The van der Waals surface area contributed by atoms with Gasteiger partial charge in [0.1, 0.15) is 0 Å². The number of hydrogen-bond acceptors (Lipinski definition) is 3. The number of hydrogen-bond donors (Lipinski definition) is 2. The van der Waals surface area contributed by atoms with E-state index < -0.39 is 15.6 Å². The predicted octanol–water partition coefficient (Wildman–Crippen LogP) is 1.71. The fourth-order valence-electron chi connectivity index (χ4n) is 1.60. The second kappa shape index (κ2) is 4.99. The summed E-state index contributed by atoms with van der Waals surface area (Å²) in [4.78, 5) is 0.307. The van der Waals surface area contributed by atoms with E-state index in [2.05, 4.69) is 4.72 Å². The molecular weight excluding hydrogens is 248 g/mol. The standard InChI is InChI=1S/C13H22N2O2S/c1-9-6-7-12(10(2)8-9)18(16,17)15-13(4,5)11(3)14/h6-8,11,15H,14H2,1-5H3. The Bertz CT molecular complexity index is 534. The van der Waals surface area contributed by atoms with Gasteiger partial charge in [-0.2, -0.15) is 0 Å². The Balaban J connectivity index is 3.15. The van der Waals surface area contributed by atoms with Gasteiger partial charge in [0, 0.05) is 11.6 Å². The zero-order valence-corrected chi connectivity index (χ0v) is 12.4. The predicted molar refractivity (Wildman–Crippen MR) is 74.0 cm³/mol. The van der Waals surface area contributed by atoms with Crippen molar-refractivity contribution in [1.82, 2.24) is 4.72 Å². The van der Waals surface area contributed by atoms with Crippen LogP contribution in [-0.4, -0.2) is 20.0 Å². The van der Waals surface area contributed by atoms with Gasteiger partial charge >= 0.3 is 0 Å². The molecule has 4 nitrogen and oxygen atoms in total. The molecule has 0 radical (unpaired) electrons. The van der Waals surface area contributed by atoms with E-state index in [4.69, 9.17) is 5.73 Å². The molecule has 102 valence electrons. The Kier molecular flexibility index (Phi) is 4.20. The summed E-state index contributed by atoms with van der Waals surface area (Å²) < 4.78 is 27.3. The van der Waals surface area contributed by atoms with E-state index in [1.54, 1.807) is 39.8 Å². The van der Waals surface area contributed by atoms with Crippen molar-refractivity contribution in [1.29, 1.82) is 0 Å². The van der Waals surface area contributed by atoms with Crippen molar-refractivity contribution in [2.45, 2.75) is 51.1 Å². The summed E-state index contributed by atoms with van der Waals surface area (Å²) in [6, 6.07) is 5.00. The third kappa shape index (κ3) is 3.31. The lowest BCUT2D eigenvalue weighted by atomic mass is 9.99. The number of rotatable bonds is 4. The molecule has 3 N–H and O–H groups in total. The first-order valence-corrected chi connectivity index (χ1v) is 7.41. The molecule has 1 atom stereocenters. The van der Waals surface area contributed by atoms with Crippen LogP contribution in [0.15, 0.2) is 23.1 Å². The third-order valence-corrected chi connectivity index (χ3v) is 4.99. The molecule has 0 aliphatic carbocycles. The fourth-order valence-corrected chi connectivity index (χ4v) is 3.31. The molecule has 0 saturated heterocycles. The maximum atomic E-state index is 12.3. The lowest BCUT2D eigenvalue weighted by Crippen LogP contribution is -2.54. The monoisotopic (exact) mass is 270 g/mol. The van der Waals surface area contributed by atoms with E-state index in [1.807, 2.05) is 13.0 Å². The maximum Gasteiger partial charge on any atom is 0.241 e. The van der Waals surface area contributed by atoms with Crippen molar-refractivity contribution < 1.29 is 8.42 Å². The molecule has 0 saturated carbocycles. The van der Waals surface area contributed by atoms with Crippen LogP contribution in [0.1, 0.15) is 31.9 Å². The Hall–Kier alpha value is -0.910. The van der Waals surface area contributed by atoms with E-state index >= 15 is 0 Å². The Morgan fingerprint density at radius 2 is 1.83 bits per heavy atom. The van der Waals surface area contributed by atoms with E-state index in [1.165, 1.54) is 0 Å². The quantitative estimate of drug-likeness (QED) is 0.875. The average Bonchev–Trinajstić information content (AvgIpc) is 2.14. The normalized spacial score (nSPS) is 14.6. The summed E-state index contributed by atoms with van der Waals surface area (Å²) in [5.41, 5.74) is 6.88. The second-order valence-corrected chi connectivity index (χ2v) is 7.04. The van der Waals surface area contributed by atoms with Gasteiger partial charge in [0.05, 0.1) is 4.90 Å². The van der Waals surface area contributed by atoms with Crippen molar-refractivity contribution in [3.63, 3.8) is 0 Å². The molecule has 1 aromatic carbocycles. The van der Waals surface area contributed by atoms with Gasteiger partial charge in [-0.25, -0.2) is 13.1 Å². The lowest BCUT2D eigenvalue weighted by molar-refractivity contribution is 0.387. The maximum absolute atomic E-state index is 12.3. The fraction of sp³-hybridized carbons (Fsp3) is 0.538. The molecule has 1 rings (SSSR count). The smallest absolute Gasteiger partial charge is 0.241 e. The van der Waals surface area contributed by atoms with E-state index in [-0.39, 0.29) is 6.04 Å². The van der Waals surface area contributed by atoms with Crippen LogP contribution in [0.25, 0.3) is 0 Å². The van der Waals surface area contributed by atoms with Gasteiger partial charge in [-0.05, 0) is 46.2 Å². The lowest BCUT2D eigenvalue weighted by Gasteiger charge is -2.30. The highest BCUT2D eigenvalue weighted by Gasteiger charge is 2.30. The Morgan fingerprint density at radius 3 is 2.28 bits per heavy atom. The molecule has 0 aromatic heterocycles.